The number of rotatable bonds is 4. The number of amides is 2. The molecule has 2 N–H and O–H groups in total. The number of aromatic nitrogens is 1. The summed E-state index contributed by atoms with van der Waals surface area (Å²) in [6.45, 7) is 3.30. The maximum atomic E-state index is 12.2. The Morgan fingerprint density at radius 2 is 1.76 bits per heavy atom. The van der Waals surface area contributed by atoms with Gasteiger partial charge in [-0.2, -0.15) is 0 Å². The molecule has 1 heterocycles. The highest BCUT2D eigenvalue weighted by Gasteiger charge is 2.07. The summed E-state index contributed by atoms with van der Waals surface area (Å²) in [5, 5.41) is 6.35. The summed E-state index contributed by atoms with van der Waals surface area (Å²) in [7, 11) is 0. The molecule has 0 fully saturated rings. The lowest BCUT2D eigenvalue weighted by Crippen LogP contribution is -2.12. The quantitative estimate of drug-likeness (QED) is 0.692. The highest BCUT2D eigenvalue weighted by molar-refractivity contribution is 7.19. The second-order valence-electron chi connectivity index (χ2n) is 5.50. The van der Waals surface area contributed by atoms with E-state index in [1.54, 1.807) is 24.3 Å². The van der Waals surface area contributed by atoms with Crippen molar-refractivity contribution in [1.29, 1.82) is 0 Å². The number of nitrogens with one attached hydrogen (secondary N) is 2. The lowest BCUT2D eigenvalue weighted by molar-refractivity contribution is -0.114. The number of carbonyl (C=O) groups excluding carboxylic acids is 2. The van der Waals surface area contributed by atoms with E-state index in [0.29, 0.717) is 11.4 Å². The number of hydrogen-bond donors (Lipinski definition) is 2. The third-order valence-electron chi connectivity index (χ3n) is 3.59. The molecule has 0 spiro atoms. The molecule has 1 aromatic heterocycles. The van der Waals surface area contributed by atoms with E-state index in [1.807, 2.05) is 31.2 Å². The molecular weight excluding hydrogens is 334 g/mol. The second-order valence-corrected chi connectivity index (χ2v) is 6.56. The summed E-state index contributed by atoms with van der Waals surface area (Å²) in [4.78, 5) is 27.9. The molecule has 0 bridgehead atoms. The average molecular weight is 351 g/mol. The van der Waals surface area contributed by atoms with Crippen LogP contribution in [-0.4, -0.2) is 16.8 Å². The minimum absolute atomic E-state index is 0.151. The van der Waals surface area contributed by atoms with Gasteiger partial charge in [-0.05, 0) is 42.8 Å². The predicted octanol–water partition coefficient (Wildman–Crippen LogP) is 4.22. The van der Waals surface area contributed by atoms with E-state index in [-0.39, 0.29) is 11.8 Å². The Morgan fingerprint density at radius 3 is 2.48 bits per heavy atom. The molecule has 25 heavy (non-hydrogen) atoms. The van der Waals surface area contributed by atoms with Crippen molar-refractivity contribution in [1.82, 2.24) is 4.98 Å². The van der Waals surface area contributed by atoms with Crippen molar-refractivity contribution in [2.75, 3.05) is 10.6 Å². The van der Waals surface area contributed by atoms with Crippen LogP contribution in [0.1, 0.15) is 17.5 Å². The van der Waals surface area contributed by atoms with Crippen LogP contribution in [0.3, 0.4) is 0 Å². The van der Waals surface area contributed by atoms with Gasteiger partial charge in [0.1, 0.15) is 5.01 Å². The molecule has 0 saturated heterocycles. The Morgan fingerprint density at radius 1 is 1.04 bits per heavy atom. The lowest BCUT2D eigenvalue weighted by Gasteiger charge is -2.11. The molecule has 5 nitrogen and oxygen atoms in total. The van der Waals surface area contributed by atoms with Crippen LogP contribution in [-0.2, 0) is 9.59 Å². The van der Waals surface area contributed by atoms with Crippen molar-refractivity contribution in [2.45, 2.75) is 13.8 Å². The Hall–Kier alpha value is -2.99. The monoisotopic (exact) mass is 351 g/mol. The number of para-hydroxylation sites is 1. The number of nitrogens with zero attached hydrogens (tertiary/aromatic N) is 1. The molecule has 3 rings (SSSR count). The largest absolute Gasteiger partial charge is 0.326 e. The summed E-state index contributed by atoms with van der Waals surface area (Å²) in [6.07, 6.45) is 3.16. The van der Waals surface area contributed by atoms with Gasteiger partial charge >= 0.3 is 0 Å². The van der Waals surface area contributed by atoms with Gasteiger partial charge in [0.15, 0.2) is 0 Å². The second kappa shape index (κ2) is 7.27. The van der Waals surface area contributed by atoms with Crippen molar-refractivity contribution in [3.63, 3.8) is 0 Å². The standard InChI is InChI=1S/C19H17N3O2S/c1-12-14(20-13(2)23)7-5-8-15(12)21-18(24)10-11-19-22-16-6-3-4-9-17(16)25-19/h3-11H,1-2H3,(H,20,23)(H,21,24)/b11-10+. The van der Waals surface area contributed by atoms with Gasteiger partial charge < -0.3 is 10.6 Å². The smallest absolute Gasteiger partial charge is 0.248 e. The van der Waals surface area contributed by atoms with Gasteiger partial charge in [-0.1, -0.05) is 18.2 Å². The minimum Gasteiger partial charge on any atom is -0.326 e. The summed E-state index contributed by atoms with van der Waals surface area (Å²) in [5.41, 5.74) is 3.07. The van der Waals surface area contributed by atoms with Crippen LogP contribution in [0.15, 0.2) is 48.5 Å². The first kappa shape index (κ1) is 16.9. The molecule has 126 valence electrons. The molecule has 0 atom stereocenters. The maximum Gasteiger partial charge on any atom is 0.248 e. The number of anilines is 2. The van der Waals surface area contributed by atoms with Gasteiger partial charge in [0.25, 0.3) is 0 Å². The molecule has 0 saturated carbocycles. The van der Waals surface area contributed by atoms with E-state index < -0.39 is 0 Å². The van der Waals surface area contributed by atoms with Gasteiger partial charge in [0.2, 0.25) is 11.8 Å². The number of benzene rings is 2. The van der Waals surface area contributed by atoms with Crippen LogP contribution in [0.25, 0.3) is 16.3 Å². The van der Waals surface area contributed by atoms with Crippen molar-refractivity contribution >= 4 is 50.8 Å². The van der Waals surface area contributed by atoms with Crippen molar-refractivity contribution < 1.29 is 9.59 Å². The Kier molecular flexibility index (Phi) is 4.90. The average Bonchev–Trinajstić information content (AvgIpc) is 2.99. The first-order valence-electron chi connectivity index (χ1n) is 7.75. The minimum atomic E-state index is -0.248. The van der Waals surface area contributed by atoms with E-state index in [4.69, 9.17) is 0 Å². The molecule has 3 aromatic rings. The summed E-state index contributed by atoms with van der Waals surface area (Å²) in [5.74, 6) is -0.398. The van der Waals surface area contributed by atoms with E-state index >= 15 is 0 Å². The molecular formula is C19H17N3O2S. The fourth-order valence-electron chi connectivity index (χ4n) is 2.38. The molecule has 0 aliphatic carbocycles. The molecule has 0 aliphatic heterocycles. The Bertz CT molecular complexity index is 943. The van der Waals surface area contributed by atoms with Crippen LogP contribution in [0, 0.1) is 6.92 Å². The topological polar surface area (TPSA) is 71.1 Å². The number of thiazole rings is 1. The zero-order valence-corrected chi connectivity index (χ0v) is 14.7. The summed E-state index contributed by atoms with van der Waals surface area (Å²) < 4.78 is 1.08. The molecule has 0 aliphatic rings. The summed E-state index contributed by atoms with van der Waals surface area (Å²) >= 11 is 1.53. The van der Waals surface area contributed by atoms with Crippen molar-refractivity contribution in [3.05, 3.63) is 59.1 Å². The molecule has 2 amide bonds. The van der Waals surface area contributed by atoms with Crippen LogP contribution in [0.2, 0.25) is 0 Å². The zero-order valence-electron chi connectivity index (χ0n) is 13.9. The molecule has 6 heteroatoms. The van der Waals surface area contributed by atoms with Crippen LogP contribution in [0.4, 0.5) is 11.4 Å². The van der Waals surface area contributed by atoms with E-state index in [0.717, 1.165) is 20.8 Å². The fraction of sp³-hybridized carbons (Fsp3) is 0.105. The lowest BCUT2D eigenvalue weighted by atomic mass is 10.1. The highest BCUT2D eigenvalue weighted by atomic mass is 32.1. The van der Waals surface area contributed by atoms with Crippen LogP contribution >= 0.6 is 11.3 Å². The SMILES string of the molecule is CC(=O)Nc1cccc(NC(=O)/C=C/c2nc3ccccc3s2)c1C. The number of fused-ring (bicyclic) bond motifs is 1. The fourth-order valence-corrected chi connectivity index (χ4v) is 3.25. The van der Waals surface area contributed by atoms with Crippen molar-refractivity contribution in [2.24, 2.45) is 0 Å². The summed E-state index contributed by atoms with van der Waals surface area (Å²) in [6, 6.07) is 13.2. The van der Waals surface area contributed by atoms with E-state index in [2.05, 4.69) is 15.6 Å². The van der Waals surface area contributed by atoms with E-state index in [1.165, 1.54) is 24.3 Å². The van der Waals surface area contributed by atoms with E-state index in [9.17, 15) is 9.59 Å². The Labute approximate surface area is 149 Å². The van der Waals surface area contributed by atoms with Gasteiger partial charge in [0.05, 0.1) is 10.2 Å². The molecule has 2 aromatic carbocycles. The highest BCUT2D eigenvalue weighted by Crippen LogP contribution is 2.24. The van der Waals surface area contributed by atoms with Gasteiger partial charge in [-0.15, -0.1) is 11.3 Å². The number of carbonyl (C=O) groups is 2. The normalized spacial score (nSPS) is 11.0. The predicted molar refractivity (Wildman–Crippen MR) is 103 cm³/mol. The van der Waals surface area contributed by atoms with Gasteiger partial charge in [-0.25, -0.2) is 4.98 Å². The first-order valence-corrected chi connectivity index (χ1v) is 8.56. The van der Waals surface area contributed by atoms with Crippen molar-refractivity contribution in [3.8, 4) is 0 Å². The van der Waals surface area contributed by atoms with Crippen LogP contribution < -0.4 is 10.6 Å². The van der Waals surface area contributed by atoms with Crippen LogP contribution in [0.5, 0.6) is 0 Å². The molecule has 0 unspecified atom stereocenters. The Balaban J connectivity index is 1.73. The van der Waals surface area contributed by atoms with Gasteiger partial charge in [0, 0.05) is 24.4 Å². The zero-order chi connectivity index (χ0) is 17.8. The third-order valence-corrected chi connectivity index (χ3v) is 4.59. The van der Waals surface area contributed by atoms with Gasteiger partial charge in [-0.3, -0.25) is 9.59 Å². The number of hydrogen-bond acceptors (Lipinski definition) is 4. The maximum absolute atomic E-state index is 12.2. The first-order chi connectivity index (χ1) is 12.0. The third kappa shape index (κ3) is 4.10. The molecule has 0 radical (unpaired) electrons.